The average molecular weight is 465 g/mol. The zero-order valence-corrected chi connectivity index (χ0v) is 19.6. The Morgan fingerprint density at radius 2 is 1.73 bits per heavy atom. The van der Waals surface area contributed by atoms with Gasteiger partial charge in [-0.3, -0.25) is 4.79 Å². The summed E-state index contributed by atoms with van der Waals surface area (Å²) in [6.45, 7) is 6.13. The molecule has 1 fully saturated rings. The largest absolute Gasteiger partial charge is 0.352 e. The second kappa shape index (κ2) is 11.2. The SMILES string of the molecule is CN1CCN(CCCNC(=O)c2ccc(Nc3nccc(-c4ccc(Cl)cc4)n3)cc2)CC1. The predicted molar refractivity (Wildman–Crippen MR) is 133 cm³/mol. The maximum atomic E-state index is 12.4. The van der Waals surface area contributed by atoms with Crippen molar-refractivity contribution in [3.05, 3.63) is 71.4 Å². The lowest BCUT2D eigenvalue weighted by Gasteiger charge is -2.32. The summed E-state index contributed by atoms with van der Waals surface area (Å²) in [7, 11) is 2.16. The summed E-state index contributed by atoms with van der Waals surface area (Å²) in [6.07, 6.45) is 2.67. The van der Waals surface area contributed by atoms with E-state index in [0.717, 1.165) is 56.1 Å². The van der Waals surface area contributed by atoms with Crippen LogP contribution in [0.1, 0.15) is 16.8 Å². The zero-order chi connectivity index (χ0) is 23.0. The summed E-state index contributed by atoms with van der Waals surface area (Å²) in [5.74, 6) is 0.435. The van der Waals surface area contributed by atoms with Crippen molar-refractivity contribution in [3.63, 3.8) is 0 Å². The summed E-state index contributed by atoms with van der Waals surface area (Å²) >= 11 is 5.97. The molecule has 33 heavy (non-hydrogen) atoms. The number of amides is 1. The highest BCUT2D eigenvalue weighted by Gasteiger charge is 2.13. The van der Waals surface area contributed by atoms with Crippen molar-refractivity contribution in [1.82, 2.24) is 25.1 Å². The fraction of sp³-hybridized carbons (Fsp3) is 0.320. The van der Waals surface area contributed by atoms with Crippen molar-refractivity contribution in [2.75, 3.05) is 51.6 Å². The molecule has 0 bridgehead atoms. The van der Waals surface area contributed by atoms with Crippen molar-refractivity contribution in [1.29, 1.82) is 0 Å². The van der Waals surface area contributed by atoms with Gasteiger partial charge in [0.25, 0.3) is 5.91 Å². The maximum Gasteiger partial charge on any atom is 0.251 e. The van der Waals surface area contributed by atoms with Crippen molar-refractivity contribution in [2.45, 2.75) is 6.42 Å². The molecule has 8 heteroatoms. The smallest absolute Gasteiger partial charge is 0.251 e. The van der Waals surface area contributed by atoms with E-state index in [1.165, 1.54) is 0 Å². The highest BCUT2D eigenvalue weighted by Crippen LogP contribution is 2.21. The number of rotatable bonds is 8. The van der Waals surface area contributed by atoms with Crippen LogP contribution in [-0.4, -0.2) is 72.0 Å². The second-order valence-corrected chi connectivity index (χ2v) is 8.67. The van der Waals surface area contributed by atoms with Crippen LogP contribution in [0.4, 0.5) is 11.6 Å². The third-order valence-corrected chi connectivity index (χ3v) is 5.98. The summed E-state index contributed by atoms with van der Waals surface area (Å²) < 4.78 is 0. The van der Waals surface area contributed by atoms with E-state index in [4.69, 9.17) is 11.6 Å². The van der Waals surface area contributed by atoms with Crippen molar-refractivity contribution < 1.29 is 4.79 Å². The maximum absolute atomic E-state index is 12.4. The number of nitrogens with zero attached hydrogens (tertiary/aromatic N) is 4. The van der Waals surface area contributed by atoms with Crippen LogP contribution in [0.15, 0.2) is 60.8 Å². The van der Waals surface area contributed by atoms with E-state index in [1.54, 1.807) is 18.3 Å². The van der Waals surface area contributed by atoms with E-state index < -0.39 is 0 Å². The van der Waals surface area contributed by atoms with E-state index in [2.05, 4.69) is 37.4 Å². The van der Waals surface area contributed by atoms with E-state index in [1.807, 2.05) is 42.5 Å². The summed E-state index contributed by atoms with van der Waals surface area (Å²) in [6, 6.07) is 16.7. The molecule has 1 aliphatic rings. The third-order valence-electron chi connectivity index (χ3n) is 5.73. The molecule has 0 aliphatic carbocycles. The minimum absolute atomic E-state index is 0.0547. The van der Waals surface area contributed by atoms with Gasteiger partial charge in [-0.05, 0) is 62.5 Å². The molecule has 1 saturated heterocycles. The first-order valence-electron chi connectivity index (χ1n) is 11.2. The molecule has 0 spiro atoms. The van der Waals surface area contributed by atoms with Crippen LogP contribution < -0.4 is 10.6 Å². The quantitative estimate of drug-likeness (QED) is 0.492. The standard InChI is InChI=1S/C25H29ClN6O/c1-31-15-17-32(18-16-31)14-2-12-27-24(33)20-5-9-22(10-6-20)29-25-28-13-11-23(30-25)19-3-7-21(26)8-4-19/h3-11,13H,2,12,14-18H2,1H3,(H,27,33)(H,28,29,30). The summed E-state index contributed by atoms with van der Waals surface area (Å²) in [5, 5.41) is 6.90. The van der Waals surface area contributed by atoms with Crippen LogP contribution in [0.5, 0.6) is 0 Å². The molecule has 2 N–H and O–H groups in total. The lowest BCUT2D eigenvalue weighted by Crippen LogP contribution is -2.45. The van der Waals surface area contributed by atoms with Crippen LogP contribution >= 0.6 is 11.6 Å². The van der Waals surface area contributed by atoms with Gasteiger partial charge in [0.1, 0.15) is 0 Å². The number of nitrogens with one attached hydrogen (secondary N) is 2. The molecule has 0 radical (unpaired) electrons. The number of aromatic nitrogens is 2. The Morgan fingerprint density at radius 1 is 1.00 bits per heavy atom. The van der Waals surface area contributed by atoms with E-state index in [0.29, 0.717) is 23.1 Å². The first kappa shape index (κ1) is 23.2. The van der Waals surface area contributed by atoms with Crippen LogP contribution in [0.2, 0.25) is 5.02 Å². The number of anilines is 2. The fourth-order valence-electron chi connectivity index (χ4n) is 3.71. The Morgan fingerprint density at radius 3 is 2.45 bits per heavy atom. The number of likely N-dealkylation sites (N-methyl/N-ethyl adjacent to an activating group) is 1. The molecule has 0 saturated carbocycles. The number of carbonyl (C=O) groups is 1. The number of benzene rings is 2. The van der Waals surface area contributed by atoms with Gasteiger partial charge in [-0.2, -0.15) is 0 Å². The summed E-state index contributed by atoms with van der Waals surface area (Å²) in [4.78, 5) is 26.1. The Labute approximate surface area is 199 Å². The van der Waals surface area contributed by atoms with Gasteiger partial charge in [-0.25, -0.2) is 9.97 Å². The van der Waals surface area contributed by atoms with Crippen molar-refractivity contribution in [2.24, 2.45) is 0 Å². The van der Waals surface area contributed by atoms with Gasteiger partial charge in [0.15, 0.2) is 0 Å². The van der Waals surface area contributed by atoms with E-state index in [9.17, 15) is 4.79 Å². The number of carbonyl (C=O) groups excluding carboxylic acids is 1. The lowest BCUT2D eigenvalue weighted by atomic mass is 10.1. The van der Waals surface area contributed by atoms with Gasteiger partial charge in [0.05, 0.1) is 5.69 Å². The first-order valence-corrected chi connectivity index (χ1v) is 11.6. The normalized spacial score (nSPS) is 14.7. The summed E-state index contributed by atoms with van der Waals surface area (Å²) in [5.41, 5.74) is 3.21. The van der Waals surface area contributed by atoms with Gasteiger partial charge in [0, 0.05) is 60.8 Å². The Kier molecular flexibility index (Phi) is 7.88. The second-order valence-electron chi connectivity index (χ2n) is 8.23. The number of hydrogen-bond acceptors (Lipinski definition) is 6. The molecule has 1 amide bonds. The molecule has 7 nitrogen and oxygen atoms in total. The molecule has 0 unspecified atom stereocenters. The van der Waals surface area contributed by atoms with Crippen LogP contribution in [0.3, 0.4) is 0 Å². The molecule has 1 aliphatic heterocycles. The molecular formula is C25H29ClN6O. The molecule has 0 atom stereocenters. The molecule has 4 rings (SSSR count). The Hall–Kier alpha value is -3.00. The topological polar surface area (TPSA) is 73.4 Å². The predicted octanol–water partition coefficient (Wildman–Crippen LogP) is 3.91. The van der Waals surface area contributed by atoms with Gasteiger partial charge >= 0.3 is 0 Å². The average Bonchev–Trinajstić information content (AvgIpc) is 2.84. The highest BCUT2D eigenvalue weighted by atomic mass is 35.5. The van der Waals surface area contributed by atoms with Gasteiger partial charge in [0.2, 0.25) is 5.95 Å². The van der Waals surface area contributed by atoms with Crippen LogP contribution in [0.25, 0.3) is 11.3 Å². The van der Waals surface area contributed by atoms with Crippen LogP contribution in [0, 0.1) is 0 Å². The fourth-order valence-corrected chi connectivity index (χ4v) is 3.84. The number of piperazine rings is 1. The van der Waals surface area contributed by atoms with E-state index in [-0.39, 0.29) is 5.91 Å². The molecular weight excluding hydrogens is 436 g/mol. The number of hydrogen-bond donors (Lipinski definition) is 2. The monoisotopic (exact) mass is 464 g/mol. The van der Waals surface area contributed by atoms with Gasteiger partial charge < -0.3 is 20.4 Å². The van der Waals surface area contributed by atoms with E-state index >= 15 is 0 Å². The van der Waals surface area contributed by atoms with Crippen molar-refractivity contribution >= 4 is 29.1 Å². The lowest BCUT2D eigenvalue weighted by molar-refractivity contribution is 0.0949. The third kappa shape index (κ3) is 6.74. The van der Waals surface area contributed by atoms with Gasteiger partial charge in [-0.1, -0.05) is 23.7 Å². The minimum Gasteiger partial charge on any atom is -0.352 e. The zero-order valence-electron chi connectivity index (χ0n) is 18.8. The molecule has 2 heterocycles. The van der Waals surface area contributed by atoms with Crippen LogP contribution in [-0.2, 0) is 0 Å². The molecule has 3 aromatic rings. The molecule has 1 aromatic heterocycles. The Balaban J connectivity index is 1.26. The number of halogens is 1. The van der Waals surface area contributed by atoms with Gasteiger partial charge in [-0.15, -0.1) is 0 Å². The molecule has 2 aromatic carbocycles. The first-order chi connectivity index (χ1) is 16.1. The Bertz CT molecular complexity index is 1050. The minimum atomic E-state index is -0.0547. The molecule has 172 valence electrons. The highest BCUT2D eigenvalue weighted by molar-refractivity contribution is 6.30. The van der Waals surface area contributed by atoms with Crippen molar-refractivity contribution in [3.8, 4) is 11.3 Å².